The standard InChI is InChI=1S/C22H21FN2O/c1-16(22(26)25-20-14-12-19(23)13-15-20)24-21(17-8-4-2-5-9-17)18-10-6-3-7-11-18/h2-16,21,24H,1H3,(H,25,26)/p+1/t16-/m0/s1. The van der Waals surface area contributed by atoms with Crippen LogP contribution in [0.4, 0.5) is 10.1 Å². The molecule has 0 aliphatic carbocycles. The van der Waals surface area contributed by atoms with Crippen LogP contribution in [0, 0.1) is 5.82 Å². The normalized spacial score (nSPS) is 12.0. The molecule has 0 unspecified atom stereocenters. The average Bonchev–Trinajstić information content (AvgIpc) is 2.69. The number of benzene rings is 3. The fraction of sp³-hybridized carbons (Fsp3) is 0.136. The van der Waals surface area contributed by atoms with Gasteiger partial charge in [0.25, 0.3) is 5.91 Å². The molecule has 132 valence electrons. The number of carbonyl (C=O) groups is 1. The summed E-state index contributed by atoms with van der Waals surface area (Å²) in [5, 5.41) is 4.89. The summed E-state index contributed by atoms with van der Waals surface area (Å²) in [5.74, 6) is -0.440. The Balaban J connectivity index is 1.75. The van der Waals surface area contributed by atoms with Crippen LogP contribution in [-0.4, -0.2) is 11.9 Å². The van der Waals surface area contributed by atoms with Gasteiger partial charge in [0.2, 0.25) is 0 Å². The van der Waals surface area contributed by atoms with Crippen LogP contribution in [0.1, 0.15) is 24.1 Å². The molecule has 4 heteroatoms. The summed E-state index contributed by atoms with van der Waals surface area (Å²) < 4.78 is 13.0. The lowest BCUT2D eigenvalue weighted by atomic mass is 9.98. The summed E-state index contributed by atoms with van der Waals surface area (Å²) in [7, 11) is 0. The zero-order valence-electron chi connectivity index (χ0n) is 14.6. The zero-order valence-corrected chi connectivity index (χ0v) is 14.6. The predicted octanol–water partition coefficient (Wildman–Crippen LogP) is 3.51. The molecule has 0 fully saturated rings. The van der Waals surface area contributed by atoms with Gasteiger partial charge in [-0.1, -0.05) is 60.7 Å². The lowest BCUT2D eigenvalue weighted by molar-refractivity contribution is -0.704. The largest absolute Gasteiger partial charge is 0.326 e. The molecule has 3 aromatic rings. The molecule has 0 radical (unpaired) electrons. The monoisotopic (exact) mass is 349 g/mol. The second kappa shape index (κ2) is 8.41. The maximum atomic E-state index is 13.0. The van der Waals surface area contributed by atoms with Crippen molar-refractivity contribution in [3.8, 4) is 0 Å². The van der Waals surface area contributed by atoms with Gasteiger partial charge in [-0.2, -0.15) is 0 Å². The van der Waals surface area contributed by atoms with Gasteiger partial charge < -0.3 is 10.6 Å². The van der Waals surface area contributed by atoms with E-state index in [1.165, 1.54) is 12.1 Å². The number of carbonyl (C=O) groups excluding carboxylic acids is 1. The van der Waals surface area contributed by atoms with Crippen LogP contribution >= 0.6 is 0 Å². The third-order valence-electron chi connectivity index (χ3n) is 4.32. The van der Waals surface area contributed by atoms with Gasteiger partial charge >= 0.3 is 0 Å². The number of halogens is 1. The third-order valence-corrected chi connectivity index (χ3v) is 4.32. The molecule has 0 aromatic heterocycles. The van der Waals surface area contributed by atoms with Gasteiger partial charge in [0, 0.05) is 16.8 Å². The minimum atomic E-state index is -0.323. The van der Waals surface area contributed by atoms with E-state index in [9.17, 15) is 9.18 Å². The molecule has 0 bridgehead atoms. The van der Waals surface area contributed by atoms with Crippen LogP contribution in [0.5, 0.6) is 0 Å². The topological polar surface area (TPSA) is 45.7 Å². The summed E-state index contributed by atoms with van der Waals surface area (Å²) >= 11 is 0. The van der Waals surface area contributed by atoms with E-state index in [0.717, 1.165) is 11.1 Å². The number of rotatable bonds is 6. The Morgan fingerprint density at radius 1 is 0.846 bits per heavy atom. The van der Waals surface area contributed by atoms with Crippen LogP contribution < -0.4 is 10.6 Å². The van der Waals surface area contributed by atoms with E-state index in [1.807, 2.05) is 48.6 Å². The molecular weight excluding hydrogens is 327 g/mol. The zero-order chi connectivity index (χ0) is 18.4. The van der Waals surface area contributed by atoms with Crippen molar-refractivity contribution in [2.24, 2.45) is 0 Å². The Labute approximate surface area is 152 Å². The maximum Gasteiger partial charge on any atom is 0.282 e. The van der Waals surface area contributed by atoms with Gasteiger partial charge in [-0.3, -0.25) is 4.79 Å². The smallest absolute Gasteiger partial charge is 0.282 e. The predicted molar refractivity (Wildman–Crippen MR) is 101 cm³/mol. The molecule has 1 amide bonds. The summed E-state index contributed by atoms with van der Waals surface area (Å²) in [5.41, 5.74) is 2.87. The van der Waals surface area contributed by atoms with Gasteiger partial charge in [0.05, 0.1) is 0 Å². The number of anilines is 1. The number of amides is 1. The molecule has 0 spiro atoms. The molecule has 0 aliphatic heterocycles. The first-order valence-corrected chi connectivity index (χ1v) is 8.65. The number of hydrogen-bond donors (Lipinski definition) is 2. The fourth-order valence-corrected chi connectivity index (χ4v) is 2.90. The van der Waals surface area contributed by atoms with Crippen molar-refractivity contribution in [3.05, 3.63) is 102 Å². The number of hydrogen-bond acceptors (Lipinski definition) is 1. The molecule has 0 saturated carbocycles. The molecule has 3 aromatic carbocycles. The highest BCUT2D eigenvalue weighted by atomic mass is 19.1. The van der Waals surface area contributed by atoms with Crippen molar-refractivity contribution in [2.45, 2.75) is 19.0 Å². The van der Waals surface area contributed by atoms with E-state index in [-0.39, 0.29) is 23.8 Å². The number of nitrogens with two attached hydrogens (primary N) is 1. The first kappa shape index (κ1) is 17.8. The van der Waals surface area contributed by atoms with E-state index in [1.54, 1.807) is 12.1 Å². The minimum absolute atomic E-state index is 0.0198. The minimum Gasteiger partial charge on any atom is -0.326 e. The molecule has 3 N–H and O–H groups in total. The molecule has 0 aliphatic rings. The Morgan fingerprint density at radius 2 is 1.35 bits per heavy atom. The summed E-state index contributed by atoms with van der Waals surface area (Å²) in [6.07, 6.45) is 0. The molecule has 0 saturated heterocycles. The van der Waals surface area contributed by atoms with E-state index >= 15 is 0 Å². The van der Waals surface area contributed by atoms with Crippen molar-refractivity contribution in [3.63, 3.8) is 0 Å². The van der Waals surface area contributed by atoms with E-state index < -0.39 is 0 Å². The van der Waals surface area contributed by atoms with Gasteiger partial charge in [-0.15, -0.1) is 0 Å². The van der Waals surface area contributed by atoms with E-state index in [0.29, 0.717) is 5.69 Å². The Bertz CT molecular complexity index is 796. The number of quaternary nitrogens is 1. The van der Waals surface area contributed by atoms with Gasteiger partial charge in [0.15, 0.2) is 6.04 Å². The van der Waals surface area contributed by atoms with Crippen LogP contribution in [0.25, 0.3) is 0 Å². The van der Waals surface area contributed by atoms with Gasteiger partial charge in [0.1, 0.15) is 11.9 Å². The van der Waals surface area contributed by atoms with Crippen molar-refractivity contribution in [1.82, 2.24) is 0 Å². The van der Waals surface area contributed by atoms with Crippen molar-refractivity contribution in [2.75, 3.05) is 5.32 Å². The molecule has 3 nitrogen and oxygen atoms in total. The summed E-state index contributed by atoms with van der Waals surface area (Å²) in [6.45, 7) is 1.87. The van der Waals surface area contributed by atoms with E-state index in [4.69, 9.17) is 0 Å². The Morgan fingerprint density at radius 3 is 1.85 bits per heavy atom. The summed E-state index contributed by atoms with van der Waals surface area (Å²) in [6, 6.07) is 25.7. The van der Waals surface area contributed by atoms with Crippen LogP contribution in [0.2, 0.25) is 0 Å². The van der Waals surface area contributed by atoms with Crippen molar-refractivity contribution < 1.29 is 14.5 Å². The highest BCUT2D eigenvalue weighted by Crippen LogP contribution is 2.18. The van der Waals surface area contributed by atoms with E-state index in [2.05, 4.69) is 29.6 Å². The van der Waals surface area contributed by atoms with Crippen LogP contribution in [-0.2, 0) is 4.79 Å². The first-order chi connectivity index (χ1) is 12.6. The molecule has 1 atom stereocenters. The lowest BCUT2D eigenvalue weighted by Crippen LogP contribution is -2.92. The highest BCUT2D eigenvalue weighted by molar-refractivity contribution is 5.93. The van der Waals surface area contributed by atoms with Crippen LogP contribution in [0.3, 0.4) is 0 Å². The van der Waals surface area contributed by atoms with Crippen molar-refractivity contribution >= 4 is 11.6 Å². The second-order valence-corrected chi connectivity index (χ2v) is 6.28. The summed E-state index contributed by atoms with van der Waals surface area (Å²) in [4.78, 5) is 12.6. The first-order valence-electron chi connectivity index (χ1n) is 8.65. The molecule has 26 heavy (non-hydrogen) atoms. The third kappa shape index (κ3) is 4.55. The quantitative estimate of drug-likeness (QED) is 0.703. The fourth-order valence-electron chi connectivity index (χ4n) is 2.90. The Hall–Kier alpha value is -2.98. The lowest BCUT2D eigenvalue weighted by Gasteiger charge is -2.20. The highest BCUT2D eigenvalue weighted by Gasteiger charge is 2.24. The SMILES string of the molecule is C[C@H]([NH2+]C(c1ccccc1)c1ccccc1)C(=O)Nc1ccc(F)cc1. The molecular formula is C22H22FN2O+. The molecule has 3 rings (SSSR count). The van der Waals surface area contributed by atoms with Crippen molar-refractivity contribution in [1.29, 1.82) is 0 Å². The van der Waals surface area contributed by atoms with Gasteiger partial charge in [-0.25, -0.2) is 4.39 Å². The van der Waals surface area contributed by atoms with Gasteiger partial charge in [-0.05, 0) is 31.2 Å². The Kier molecular flexibility index (Phi) is 5.77. The molecule has 0 heterocycles. The average molecular weight is 349 g/mol. The number of nitrogens with one attached hydrogen (secondary N) is 1. The second-order valence-electron chi connectivity index (χ2n) is 6.28. The maximum absolute atomic E-state index is 13.0. The van der Waals surface area contributed by atoms with Crippen LogP contribution in [0.15, 0.2) is 84.9 Å².